The summed E-state index contributed by atoms with van der Waals surface area (Å²) in [6.45, 7) is 3.84. The number of pyridine rings is 1. The van der Waals surface area contributed by atoms with Gasteiger partial charge in [0.25, 0.3) is 5.91 Å². The second-order valence-corrected chi connectivity index (χ2v) is 9.26. The van der Waals surface area contributed by atoms with Crippen molar-refractivity contribution < 1.29 is 22.4 Å². The first-order chi connectivity index (χ1) is 17.4. The maximum absolute atomic E-state index is 15.0. The van der Waals surface area contributed by atoms with Crippen molar-refractivity contribution >= 4 is 34.6 Å². The van der Waals surface area contributed by atoms with Crippen LogP contribution < -0.4 is 15.1 Å². The molecule has 1 fully saturated rings. The molecule has 0 radical (unpaired) electrons. The van der Waals surface area contributed by atoms with Crippen LogP contribution in [0.2, 0.25) is 0 Å². The molecule has 0 bridgehead atoms. The lowest BCUT2D eigenvalue weighted by molar-refractivity contribution is -0.137. The van der Waals surface area contributed by atoms with Crippen molar-refractivity contribution in [3.63, 3.8) is 0 Å². The maximum Gasteiger partial charge on any atom is 0.417 e. The number of carbonyl (C=O) groups is 1. The summed E-state index contributed by atoms with van der Waals surface area (Å²) in [4.78, 5) is 19.7. The SMILES string of the molecule is CC1(C)C(=O)N(c2ccc(C#N)c(C(F)(F)F)c2)C(=S)N1c1ccc(CNCc2cccnc2)c(F)c1. The number of amides is 1. The van der Waals surface area contributed by atoms with E-state index in [1.165, 1.54) is 23.1 Å². The minimum atomic E-state index is -4.80. The summed E-state index contributed by atoms with van der Waals surface area (Å²) in [6.07, 6.45) is -1.43. The molecule has 1 aliphatic rings. The zero-order chi connectivity index (χ0) is 27.0. The molecule has 1 N–H and O–H groups in total. The summed E-state index contributed by atoms with van der Waals surface area (Å²) >= 11 is 5.49. The first kappa shape index (κ1) is 26.2. The zero-order valence-electron chi connectivity index (χ0n) is 19.8. The molecular formula is C26H21F4N5OS. The van der Waals surface area contributed by atoms with Crippen LogP contribution in [-0.2, 0) is 24.1 Å². The molecule has 1 aliphatic heterocycles. The number of halogens is 4. The van der Waals surface area contributed by atoms with Gasteiger partial charge < -0.3 is 10.2 Å². The van der Waals surface area contributed by atoms with E-state index >= 15 is 4.39 Å². The molecule has 0 atom stereocenters. The van der Waals surface area contributed by atoms with E-state index < -0.39 is 34.6 Å². The monoisotopic (exact) mass is 527 g/mol. The number of hydrogen-bond acceptors (Lipinski definition) is 5. The lowest BCUT2D eigenvalue weighted by Gasteiger charge is -2.29. The quantitative estimate of drug-likeness (QED) is 0.346. The summed E-state index contributed by atoms with van der Waals surface area (Å²) in [6, 6.07) is 12.6. The fraction of sp³-hybridized carbons (Fsp3) is 0.231. The molecule has 190 valence electrons. The highest BCUT2D eigenvalue weighted by atomic mass is 32.1. The molecule has 4 rings (SSSR count). The van der Waals surface area contributed by atoms with Gasteiger partial charge in [0, 0.05) is 36.7 Å². The summed E-state index contributed by atoms with van der Waals surface area (Å²) in [5.41, 5.74) is -1.57. The number of alkyl halides is 3. The fourth-order valence-electron chi connectivity index (χ4n) is 4.12. The van der Waals surface area contributed by atoms with Crippen LogP contribution in [0, 0.1) is 17.1 Å². The third-order valence-corrected chi connectivity index (χ3v) is 6.38. The average molecular weight is 528 g/mol. The Labute approximate surface area is 216 Å². The third kappa shape index (κ3) is 5.03. The van der Waals surface area contributed by atoms with E-state index in [2.05, 4.69) is 10.3 Å². The van der Waals surface area contributed by atoms with Gasteiger partial charge in [-0.1, -0.05) is 12.1 Å². The van der Waals surface area contributed by atoms with Gasteiger partial charge in [-0.3, -0.25) is 14.7 Å². The second kappa shape index (κ2) is 9.88. The van der Waals surface area contributed by atoms with Crippen LogP contribution >= 0.6 is 12.2 Å². The largest absolute Gasteiger partial charge is 0.417 e. The standard InChI is InChI=1S/C26H21F4N5OS/c1-25(2)23(36)34(19-7-5-17(12-31)21(10-19)26(28,29)30)24(37)35(25)20-8-6-18(22(27)11-20)15-33-14-16-4-3-9-32-13-16/h3-11,13,33H,14-15H2,1-2H3. The first-order valence-corrected chi connectivity index (χ1v) is 11.5. The Kier molecular flexibility index (Phi) is 6.99. The number of benzene rings is 2. The Morgan fingerprint density at radius 1 is 1.11 bits per heavy atom. The van der Waals surface area contributed by atoms with E-state index in [0.29, 0.717) is 12.1 Å². The summed E-state index contributed by atoms with van der Waals surface area (Å²) in [5, 5.41) is 12.1. The van der Waals surface area contributed by atoms with E-state index in [4.69, 9.17) is 17.5 Å². The lowest BCUT2D eigenvalue weighted by Crippen LogP contribution is -2.44. The maximum atomic E-state index is 15.0. The van der Waals surface area contributed by atoms with E-state index in [1.54, 1.807) is 44.4 Å². The molecule has 3 aromatic rings. The number of thiocarbonyl (C=S) groups is 1. The molecule has 1 saturated heterocycles. The summed E-state index contributed by atoms with van der Waals surface area (Å²) in [5.74, 6) is -1.11. The summed E-state index contributed by atoms with van der Waals surface area (Å²) in [7, 11) is 0. The van der Waals surface area contributed by atoms with Gasteiger partial charge >= 0.3 is 6.18 Å². The molecule has 0 saturated carbocycles. The zero-order valence-corrected chi connectivity index (χ0v) is 20.6. The molecule has 2 aromatic carbocycles. The van der Waals surface area contributed by atoms with Crippen molar-refractivity contribution in [2.45, 2.75) is 38.7 Å². The molecule has 0 aliphatic carbocycles. The van der Waals surface area contributed by atoms with Crippen molar-refractivity contribution in [1.29, 1.82) is 5.26 Å². The van der Waals surface area contributed by atoms with Crippen LogP contribution in [-0.4, -0.2) is 21.5 Å². The molecule has 1 amide bonds. The van der Waals surface area contributed by atoms with Gasteiger partial charge in [-0.2, -0.15) is 18.4 Å². The van der Waals surface area contributed by atoms with Crippen molar-refractivity contribution in [3.8, 4) is 6.07 Å². The molecule has 0 unspecified atom stereocenters. The minimum absolute atomic E-state index is 0.102. The Hall–Kier alpha value is -3.88. The smallest absolute Gasteiger partial charge is 0.308 e. The van der Waals surface area contributed by atoms with Gasteiger partial charge in [-0.25, -0.2) is 4.39 Å². The van der Waals surface area contributed by atoms with Gasteiger partial charge in [0.1, 0.15) is 11.4 Å². The van der Waals surface area contributed by atoms with Crippen LogP contribution in [0.1, 0.15) is 36.1 Å². The number of hydrogen-bond donors (Lipinski definition) is 1. The fourth-order valence-corrected chi connectivity index (χ4v) is 4.64. The second-order valence-electron chi connectivity index (χ2n) is 8.90. The third-order valence-electron chi connectivity index (χ3n) is 6.02. The van der Waals surface area contributed by atoms with Crippen molar-refractivity contribution in [1.82, 2.24) is 10.3 Å². The van der Waals surface area contributed by atoms with Crippen LogP contribution in [0.25, 0.3) is 0 Å². The van der Waals surface area contributed by atoms with E-state index in [-0.39, 0.29) is 23.0 Å². The Balaban J connectivity index is 1.60. The van der Waals surface area contributed by atoms with E-state index in [9.17, 15) is 18.0 Å². The highest BCUT2D eigenvalue weighted by Gasteiger charge is 2.50. The molecule has 6 nitrogen and oxygen atoms in total. The number of rotatable bonds is 6. The van der Waals surface area contributed by atoms with Gasteiger partial charge in [-0.15, -0.1) is 0 Å². The number of nitriles is 1. The number of anilines is 2. The van der Waals surface area contributed by atoms with Gasteiger partial charge in [0.15, 0.2) is 5.11 Å². The normalized spacial score (nSPS) is 15.3. The van der Waals surface area contributed by atoms with Crippen LogP contribution in [0.15, 0.2) is 60.9 Å². The highest BCUT2D eigenvalue weighted by Crippen LogP contribution is 2.39. The number of nitrogens with one attached hydrogen (secondary N) is 1. The molecule has 37 heavy (non-hydrogen) atoms. The van der Waals surface area contributed by atoms with Crippen molar-refractivity contribution in [2.75, 3.05) is 9.80 Å². The Morgan fingerprint density at radius 2 is 1.84 bits per heavy atom. The van der Waals surface area contributed by atoms with Gasteiger partial charge in [0.05, 0.1) is 22.9 Å². The molecule has 1 aromatic heterocycles. The molecule has 2 heterocycles. The predicted molar refractivity (Wildman–Crippen MR) is 134 cm³/mol. The van der Waals surface area contributed by atoms with Gasteiger partial charge in [-0.05, 0) is 68.0 Å². The summed E-state index contributed by atoms with van der Waals surface area (Å²) < 4.78 is 55.5. The van der Waals surface area contributed by atoms with E-state index in [1.807, 2.05) is 6.07 Å². The minimum Gasteiger partial charge on any atom is -0.308 e. The molecule has 0 spiro atoms. The first-order valence-electron chi connectivity index (χ1n) is 11.1. The van der Waals surface area contributed by atoms with Crippen LogP contribution in [0.5, 0.6) is 0 Å². The molecule has 11 heteroatoms. The molecular weight excluding hydrogens is 506 g/mol. The number of nitrogens with zero attached hydrogens (tertiary/aromatic N) is 4. The van der Waals surface area contributed by atoms with Crippen LogP contribution in [0.3, 0.4) is 0 Å². The van der Waals surface area contributed by atoms with Crippen molar-refractivity contribution in [3.05, 3.63) is 89.0 Å². The van der Waals surface area contributed by atoms with Crippen LogP contribution in [0.4, 0.5) is 28.9 Å². The Bertz CT molecular complexity index is 1400. The number of carbonyl (C=O) groups excluding carboxylic acids is 1. The average Bonchev–Trinajstić information content (AvgIpc) is 3.03. The predicted octanol–water partition coefficient (Wildman–Crippen LogP) is 5.32. The van der Waals surface area contributed by atoms with Crippen molar-refractivity contribution in [2.24, 2.45) is 0 Å². The Morgan fingerprint density at radius 3 is 2.46 bits per heavy atom. The van der Waals surface area contributed by atoms with E-state index in [0.717, 1.165) is 22.6 Å². The highest BCUT2D eigenvalue weighted by molar-refractivity contribution is 7.81. The topological polar surface area (TPSA) is 72.3 Å². The van der Waals surface area contributed by atoms with Gasteiger partial charge in [0.2, 0.25) is 0 Å². The number of aromatic nitrogens is 1. The lowest BCUT2D eigenvalue weighted by atomic mass is 10.0.